The number of hydrogen-bond donors (Lipinski definition) is 0. The summed E-state index contributed by atoms with van der Waals surface area (Å²) < 4.78 is 25.2. The van der Waals surface area contributed by atoms with Crippen molar-refractivity contribution >= 4 is 39.8 Å². The van der Waals surface area contributed by atoms with Crippen LogP contribution in [-0.4, -0.2) is 37.5 Å². The molecule has 0 fully saturated rings. The third kappa shape index (κ3) is 7.03. The molecule has 0 saturated carbocycles. The summed E-state index contributed by atoms with van der Waals surface area (Å²) in [7, 11) is 0. The molecule has 5 heteroatoms. The Labute approximate surface area is 133 Å². The molecule has 103 valence electrons. The Bertz CT molecular complexity index is 571. The van der Waals surface area contributed by atoms with E-state index in [-0.39, 0.29) is 5.78 Å². The number of carbonyl (C=O) groups is 1. The molecule has 1 unspecified atom stereocenters. The van der Waals surface area contributed by atoms with Gasteiger partial charge in [-0.2, -0.15) is 0 Å². The summed E-state index contributed by atoms with van der Waals surface area (Å²) in [6, 6.07) is 6.70. The first-order valence-corrected chi connectivity index (χ1v) is 10.9. The Morgan fingerprint density at radius 2 is 1.95 bits per heavy atom. The third-order valence-corrected chi connectivity index (χ3v) is 5.90. The molecule has 2 rings (SSSR count). The predicted octanol–water partition coefficient (Wildman–Crippen LogP) is 2.48. The van der Waals surface area contributed by atoms with Crippen LogP contribution in [0.4, 0.5) is 0 Å². The Hall–Kier alpha value is -0.910. The molecule has 1 aliphatic rings. The number of benzene rings is 1. The molecule has 1 aromatic rings. The smallest absolute Gasteiger partial charge is 0.0248 e. The molecule has 0 aromatic heterocycles. The maximum Gasteiger partial charge on any atom is 0.0248 e. The Kier molecular flexibility index (Phi) is 7.80. The summed E-state index contributed by atoms with van der Waals surface area (Å²) in [5, 5.41) is 0. The molecule has 1 aliphatic heterocycles. The predicted molar refractivity (Wildman–Crippen MR) is 81.2 cm³/mol. The number of carbonyl (C=O) groups excluding carboxylic acids is 1. The minimum atomic E-state index is -2.09. The summed E-state index contributed by atoms with van der Waals surface area (Å²) in [6.45, 7) is 3.48. The largest absolute Gasteiger partial charge is 0.768 e. The van der Waals surface area contributed by atoms with Gasteiger partial charge in [0.15, 0.2) is 0 Å². The summed E-state index contributed by atoms with van der Waals surface area (Å²) in [6.07, 6.45) is 5.60. The average molecular weight is 390 g/mol. The summed E-state index contributed by atoms with van der Waals surface area (Å²) in [5.74, 6) is 0.119. The van der Waals surface area contributed by atoms with Gasteiger partial charge in [-0.05, 0) is 30.1 Å². The maximum atomic E-state index is 10.5. The first-order chi connectivity index (χ1) is 9.49. The molecule has 0 aliphatic carbocycles. The van der Waals surface area contributed by atoms with E-state index in [4.69, 9.17) is 0 Å². The molecule has 0 bridgehead atoms. The number of allylic oxidation sites excluding steroid dienone is 4. The molecule has 20 heavy (non-hydrogen) atoms. The van der Waals surface area contributed by atoms with Crippen LogP contribution >= 0.6 is 0 Å². The maximum absolute atomic E-state index is 10.5. The van der Waals surface area contributed by atoms with Crippen molar-refractivity contribution in [1.82, 2.24) is 0 Å². The first-order valence-electron chi connectivity index (χ1n) is 6.05. The Morgan fingerprint density at radius 3 is 2.40 bits per heavy atom. The van der Waals surface area contributed by atoms with Gasteiger partial charge >= 0.3 is 71.9 Å². The summed E-state index contributed by atoms with van der Waals surface area (Å²) >= 11 is -2.53. The molecule has 1 radical (unpaired) electrons. The zero-order valence-corrected chi connectivity index (χ0v) is 15.5. The number of ketones is 1. The monoisotopic (exact) mass is 390 g/mol. The van der Waals surface area contributed by atoms with Gasteiger partial charge in [-0.25, -0.2) is 0 Å². The van der Waals surface area contributed by atoms with E-state index in [1.807, 2.05) is 13.0 Å². The van der Waals surface area contributed by atoms with E-state index in [2.05, 4.69) is 13.7 Å². The second-order valence-electron chi connectivity index (χ2n) is 4.21. The van der Waals surface area contributed by atoms with Crippen LogP contribution in [-0.2, 0) is 15.9 Å². The van der Waals surface area contributed by atoms with Crippen LogP contribution in [0.25, 0.3) is 0 Å². The molecule has 3 nitrogen and oxygen atoms in total. The van der Waals surface area contributed by atoms with Crippen molar-refractivity contribution in [2.75, 3.05) is 0 Å². The van der Waals surface area contributed by atoms with Gasteiger partial charge in [0.1, 0.15) is 0 Å². The van der Waals surface area contributed by atoms with Gasteiger partial charge in [0.25, 0.3) is 0 Å². The van der Waals surface area contributed by atoms with Gasteiger partial charge in [0.05, 0.1) is 0 Å². The molecule has 1 heterocycles. The van der Waals surface area contributed by atoms with E-state index < -0.39 is 34.0 Å². The van der Waals surface area contributed by atoms with Crippen molar-refractivity contribution in [3.63, 3.8) is 0 Å². The van der Waals surface area contributed by atoms with Crippen LogP contribution in [0.15, 0.2) is 60.6 Å². The second kappa shape index (κ2) is 9.10. The van der Waals surface area contributed by atoms with Crippen LogP contribution in [0.3, 0.4) is 0 Å². The van der Waals surface area contributed by atoms with Crippen molar-refractivity contribution < 1.29 is 13.6 Å². The topological polar surface area (TPSA) is 57.2 Å². The van der Waals surface area contributed by atoms with E-state index in [0.29, 0.717) is 4.90 Å². The summed E-state index contributed by atoms with van der Waals surface area (Å²) in [4.78, 5) is 10.8. The molecule has 1 atom stereocenters. The minimum absolute atomic E-state index is 0.119. The Balaban J connectivity index is 0.000000200. The number of hydrogen-bond acceptors (Lipinski definition) is 3. The van der Waals surface area contributed by atoms with Gasteiger partial charge in [-0.15, -0.1) is 0 Å². The fourth-order valence-electron chi connectivity index (χ4n) is 1.36. The average Bonchev–Trinajstić information content (AvgIpc) is 2.91. The zero-order valence-electron chi connectivity index (χ0n) is 11.4. The van der Waals surface area contributed by atoms with E-state index in [1.165, 1.54) is 5.57 Å². The zero-order chi connectivity index (χ0) is 15.0. The minimum Gasteiger partial charge on any atom is -0.768 e. The van der Waals surface area contributed by atoms with Crippen molar-refractivity contribution in [2.45, 2.75) is 18.7 Å². The van der Waals surface area contributed by atoms with Crippen LogP contribution in [0.5, 0.6) is 0 Å². The summed E-state index contributed by atoms with van der Waals surface area (Å²) in [5.41, 5.74) is 2.28. The normalized spacial score (nSPS) is 14.2. The van der Waals surface area contributed by atoms with Crippen LogP contribution in [0.2, 0.25) is 0 Å². The first kappa shape index (κ1) is 17.1. The number of rotatable bonds is 3. The van der Waals surface area contributed by atoms with Crippen LogP contribution in [0, 0.1) is 6.92 Å². The van der Waals surface area contributed by atoms with Gasteiger partial charge in [-0.1, -0.05) is 17.7 Å². The van der Waals surface area contributed by atoms with E-state index in [1.54, 1.807) is 37.3 Å². The molecule has 0 spiro atoms. The molecular weight excluding hydrogens is 375 g/mol. The molecule has 0 saturated heterocycles. The molecule has 1 aromatic carbocycles. The molecule has 0 amide bonds. The van der Waals surface area contributed by atoms with Crippen molar-refractivity contribution in [1.29, 1.82) is 0 Å². The van der Waals surface area contributed by atoms with E-state index >= 15 is 0 Å². The quantitative estimate of drug-likeness (QED) is 0.589. The van der Waals surface area contributed by atoms with Gasteiger partial charge in [0.2, 0.25) is 0 Å². The van der Waals surface area contributed by atoms with Gasteiger partial charge in [-0.3, -0.25) is 4.21 Å². The fraction of sp³-hybridized carbons (Fsp3) is 0.133. The van der Waals surface area contributed by atoms with Gasteiger partial charge in [0, 0.05) is 4.90 Å². The van der Waals surface area contributed by atoms with Crippen LogP contribution < -0.4 is 0 Å². The Morgan fingerprint density at radius 1 is 1.30 bits per heavy atom. The third-order valence-electron chi connectivity index (χ3n) is 2.41. The SMILES string of the molecule is CC(=O)/C=C/C1=[CH][In][CH]=C1.Cc1ccc(S(=O)[O-])cc1. The van der Waals surface area contributed by atoms with Crippen molar-refractivity contribution in [2.24, 2.45) is 0 Å². The van der Waals surface area contributed by atoms with Crippen molar-refractivity contribution in [3.05, 3.63) is 61.3 Å². The van der Waals surface area contributed by atoms with Crippen molar-refractivity contribution in [3.8, 4) is 0 Å². The van der Waals surface area contributed by atoms with Crippen LogP contribution in [0.1, 0.15) is 12.5 Å². The van der Waals surface area contributed by atoms with E-state index in [9.17, 15) is 13.6 Å². The van der Waals surface area contributed by atoms with E-state index in [0.717, 1.165) is 5.56 Å². The molecular formula is C15H15InO3S-. The number of aryl methyl sites for hydroxylation is 1. The van der Waals surface area contributed by atoms with Gasteiger partial charge < -0.3 is 4.55 Å². The molecule has 0 N–H and O–H groups in total. The standard InChI is InChI=1S/C8H8O.C7H8O2S.In/c1-4-7(2)5-6-8(3)9;1-6-2-4-7(5-3-6)10(8)9;/h1-2,4-6H,3H3;2-5H,1H3,(H,8,9);/p-1/b4-1?,6-5+,7-2?;;. The fourth-order valence-corrected chi connectivity index (χ4v) is 4.26. The second-order valence-corrected chi connectivity index (χ2v) is 8.30.